The van der Waals surface area contributed by atoms with Crippen LogP contribution in [0, 0.1) is 11.2 Å². The number of ketones is 3. The average molecular weight is 500 g/mol. The minimum absolute atomic E-state index is 0.191. The highest BCUT2D eigenvalue weighted by molar-refractivity contribution is 6.32. The van der Waals surface area contributed by atoms with Crippen molar-refractivity contribution in [2.24, 2.45) is 5.41 Å². The quantitative estimate of drug-likeness (QED) is 0.251. The maximum Gasteiger partial charge on any atom is 0.185 e. The summed E-state index contributed by atoms with van der Waals surface area (Å²) in [7, 11) is 0. The third-order valence-corrected chi connectivity index (χ3v) is 8.28. The first-order chi connectivity index (χ1) is 18.5. The van der Waals surface area contributed by atoms with Crippen LogP contribution < -0.4 is 4.90 Å². The zero-order valence-corrected chi connectivity index (χ0v) is 20.3. The molecule has 0 radical (unpaired) electrons. The maximum absolute atomic E-state index is 15.7. The molecule has 4 aromatic rings. The summed E-state index contributed by atoms with van der Waals surface area (Å²) in [5.41, 5.74) is 1.18. The van der Waals surface area contributed by atoms with E-state index in [1.54, 1.807) is 66.7 Å². The predicted molar refractivity (Wildman–Crippen MR) is 143 cm³/mol. The summed E-state index contributed by atoms with van der Waals surface area (Å²) in [6.45, 7) is 0. The van der Waals surface area contributed by atoms with Gasteiger partial charge in [0.2, 0.25) is 0 Å². The lowest BCUT2D eigenvalue weighted by Gasteiger charge is -2.37. The minimum Gasteiger partial charge on any atom is -0.352 e. The third kappa shape index (κ3) is 2.81. The molecule has 0 saturated carbocycles. The molecule has 2 heterocycles. The van der Waals surface area contributed by atoms with E-state index in [2.05, 4.69) is 0 Å². The van der Waals surface area contributed by atoms with Crippen LogP contribution in [0.2, 0.25) is 0 Å². The average Bonchev–Trinajstić information content (AvgIpc) is 3.39. The Balaban J connectivity index is 1.57. The van der Waals surface area contributed by atoms with Gasteiger partial charge in [-0.25, -0.2) is 4.39 Å². The van der Waals surface area contributed by atoms with E-state index in [1.165, 1.54) is 6.07 Å². The van der Waals surface area contributed by atoms with Crippen LogP contribution >= 0.6 is 0 Å². The van der Waals surface area contributed by atoms with Gasteiger partial charge in [-0.15, -0.1) is 0 Å². The molecule has 0 amide bonds. The fraction of sp³-hybridized carbons (Fsp3) is 0.121. The second-order valence-electron chi connectivity index (χ2n) is 10.0. The van der Waals surface area contributed by atoms with Crippen molar-refractivity contribution < 1.29 is 18.8 Å². The maximum atomic E-state index is 15.7. The lowest BCUT2D eigenvalue weighted by atomic mass is 9.64. The van der Waals surface area contributed by atoms with E-state index in [0.29, 0.717) is 16.7 Å². The number of hydrogen-bond donors (Lipinski definition) is 0. The fourth-order valence-electron chi connectivity index (χ4n) is 6.76. The van der Waals surface area contributed by atoms with E-state index in [-0.39, 0.29) is 22.9 Å². The first-order valence-electron chi connectivity index (χ1n) is 12.6. The van der Waals surface area contributed by atoms with Gasteiger partial charge in [-0.1, -0.05) is 103 Å². The summed E-state index contributed by atoms with van der Waals surface area (Å²) in [5, 5.41) is 0. The van der Waals surface area contributed by atoms with Gasteiger partial charge in [-0.2, -0.15) is 0 Å². The minimum atomic E-state index is -1.70. The number of benzene rings is 4. The van der Waals surface area contributed by atoms with Crippen molar-refractivity contribution in [3.8, 4) is 0 Å². The Morgan fingerprint density at radius 2 is 1.34 bits per heavy atom. The monoisotopic (exact) mass is 499 g/mol. The number of carbonyl (C=O) groups excluding carboxylic acids is 3. The summed E-state index contributed by atoms with van der Waals surface area (Å²) in [6, 6.07) is 27.6. The molecule has 5 heteroatoms. The van der Waals surface area contributed by atoms with Gasteiger partial charge in [0.25, 0.3) is 0 Å². The molecule has 2 aliphatic heterocycles. The highest BCUT2D eigenvalue weighted by Crippen LogP contribution is 2.61. The molecule has 0 N–H and O–H groups in total. The van der Waals surface area contributed by atoms with Crippen LogP contribution in [-0.4, -0.2) is 29.4 Å². The van der Waals surface area contributed by atoms with Crippen LogP contribution in [-0.2, 0) is 0 Å². The SMILES string of the molecule is O=C(c1ccccc1)C1C(c2ccccc2F)C2(C(=O)c3ccccc3C2=O)C2C=Cc3ccccc3N12. The largest absolute Gasteiger partial charge is 0.352 e. The molecule has 3 unspecified atom stereocenters. The zero-order valence-electron chi connectivity index (χ0n) is 20.3. The number of fused-ring (bicyclic) bond motifs is 5. The number of carbonyl (C=O) groups is 3. The van der Waals surface area contributed by atoms with Gasteiger partial charge in [0.15, 0.2) is 17.3 Å². The second-order valence-corrected chi connectivity index (χ2v) is 10.0. The van der Waals surface area contributed by atoms with Gasteiger partial charge in [0.05, 0.1) is 6.04 Å². The van der Waals surface area contributed by atoms with Crippen LogP contribution in [0.5, 0.6) is 0 Å². The molecule has 4 nitrogen and oxygen atoms in total. The van der Waals surface area contributed by atoms with Gasteiger partial charge < -0.3 is 4.90 Å². The normalized spacial score (nSPS) is 22.3. The van der Waals surface area contributed by atoms with E-state index in [4.69, 9.17) is 0 Å². The molecule has 1 saturated heterocycles. The van der Waals surface area contributed by atoms with E-state index < -0.39 is 29.2 Å². The van der Waals surface area contributed by atoms with E-state index >= 15 is 4.39 Å². The summed E-state index contributed by atoms with van der Waals surface area (Å²) in [6.07, 6.45) is 3.74. The highest BCUT2D eigenvalue weighted by atomic mass is 19.1. The van der Waals surface area contributed by atoms with Crippen LogP contribution in [0.1, 0.15) is 48.1 Å². The Kier molecular flexibility index (Phi) is 4.86. The molecule has 1 fully saturated rings. The predicted octanol–water partition coefficient (Wildman–Crippen LogP) is 6.14. The van der Waals surface area contributed by atoms with E-state index in [1.807, 2.05) is 47.4 Å². The Hall–Kier alpha value is -4.64. The van der Waals surface area contributed by atoms with Crippen molar-refractivity contribution in [2.75, 3.05) is 4.90 Å². The van der Waals surface area contributed by atoms with Gasteiger partial charge in [-0.05, 0) is 23.3 Å². The molecule has 1 spiro atoms. The molecule has 184 valence electrons. The smallest absolute Gasteiger partial charge is 0.185 e. The lowest BCUT2D eigenvalue weighted by molar-refractivity contribution is 0.0664. The third-order valence-electron chi connectivity index (χ3n) is 8.28. The molecule has 7 rings (SSSR count). The van der Waals surface area contributed by atoms with Crippen molar-refractivity contribution in [1.29, 1.82) is 0 Å². The number of hydrogen-bond acceptors (Lipinski definition) is 4. The fourth-order valence-corrected chi connectivity index (χ4v) is 6.76. The molecule has 0 bridgehead atoms. The van der Waals surface area contributed by atoms with Gasteiger partial charge in [0, 0.05) is 28.3 Å². The summed E-state index contributed by atoms with van der Waals surface area (Å²) in [5.74, 6) is -2.59. The molecule has 3 atom stereocenters. The van der Waals surface area contributed by atoms with Crippen molar-refractivity contribution in [1.82, 2.24) is 0 Å². The van der Waals surface area contributed by atoms with Crippen molar-refractivity contribution >= 4 is 29.1 Å². The van der Waals surface area contributed by atoms with Gasteiger partial charge >= 0.3 is 0 Å². The highest BCUT2D eigenvalue weighted by Gasteiger charge is 2.71. The molecule has 0 aromatic heterocycles. The van der Waals surface area contributed by atoms with Crippen LogP contribution in [0.3, 0.4) is 0 Å². The van der Waals surface area contributed by atoms with E-state index in [0.717, 1.165) is 11.3 Å². The number of para-hydroxylation sites is 1. The topological polar surface area (TPSA) is 54.5 Å². The van der Waals surface area contributed by atoms with E-state index in [9.17, 15) is 14.4 Å². The summed E-state index contributed by atoms with van der Waals surface area (Å²) >= 11 is 0. The number of rotatable bonds is 3. The first kappa shape index (κ1) is 22.5. The molecular weight excluding hydrogens is 477 g/mol. The number of Topliss-reactive ketones (excluding diaryl/α,β-unsaturated/α-hetero) is 3. The zero-order chi connectivity index (χ0) is 26.0. The summed E-state index contributed by atoms with van der Waals surface area (Å²) in [4.78, 5) is 45.3. The van der Waals surface area contributed by atoms with Gasteiger partial charge in [-0.3, -0.25) is 14.4 Å². The number of anilines is 1. The van der Waals surface area contributed by atoms with Crippen molar-refractivity contribution in [3.05, 3.63) is 143 Å². The first-order valence-corrected chi connectivity index (χ1v) is 12.6. The van der Waals surface area contributed by atoms with Crippen LogP contribution in [0.4, 0.5) is 10.1 Å². The summed E-state index contributed by atoms with van der Waals surface area (Å²) < 4.78 is 15.7. The molecular formula is C33H22FNO3. The molecule has 38 heavy (non-hydrogen) atoms. The Labute approximate surface area is 219 Å². The molecule has 4 aromatic carbocycles. The van der Waals surface area contributed by atoms with Crippen molar-refractivity contribution in [3.63, 3.8) is 0 Å². The standard InChI is InChI=1S/C33H22FNO3/c34-25-16-8-7-15-24(25)28-29(30(36)21-11-2-1-3-12-21)35-26-17-9-4-10-20(26)18-19-27(35)33(28)31(37)22-13-5-6-14-23(22)32(33)38/h1-19,27-29H. The van der Waals surface area contributed by atoms with Gasteiger partial charge in [0.1, 0.15) is 17.3 Å². The second kappa shape index (κ2) is 8.18. The molecule has 1 aliphatic carbocycles. The molecule has 3 aliphatic rings. The number of nitrogens with zero attached hydrogens (tertiary/aromatic N) is 1. The van der Waals surface area contributed by atoms with Crippen LogP contribution in [0.15, 0.2) is 109 Å². The Morgan fingerprint density at radius 1 is 0.737 bits per heavy atom. The van der Waals surface area contributed by atoms with Crippen molar-refractivity contribution in [2.45, 2.75) is 18.0 Å². The van der Waals surface area contributed by atoms with Crippen LogP contribution in [0.25, 0.3) is 6.08 Å². The lowest BCUT2D eigenvalue weighted by Crippen LogP contribution is -2.48. The number of halogens is 1. The Bertz CT molecular complexity index is 1640. The Morgan fingerprint density at radius 3 is 2.05 bits per heavy atom.